The fourth-order valence-electron chi connectivity index (χ4n) is 1.63. The summed E-state index contributed by atoms with van der Waals surface area (Å²) in [6, 6.07) is 1.70. The monoisotopic (exact) mass is 368 g/mol. The molecule has 0 aliphatic heterocycles. The van der Waals surface area contributed by atoms with Gasteiger partial charge in [0.2, 0.25) is 10.0 Å². The zero-order valence-electron chi connectivity index (χ0n) is 11.9. The summed E-state index contributed by atoms with van der Waals surface area (Å²) in [5.41, 5.74) is 0. The summed E-state index contributed by atoms with van der Waals surface area (Å²) >= 11 is 4.81. The minimum absolute atomic E-state index is 0.0375. The van der Waals surface area contributed by atoms with E-state index in [0.29, 0.717) is 15.2 Å². The van der Waals surface area contributed by atoms with E-state index < -0.39 is 10.0 Å². The van der Waals surface area contributed by atoms with Gasteiger partial charge in [-0.25, -0.2) is 8.42 Å². The van der Waals surface area contributed by atoms with Crippen molar-refractivity contribution in [3.63, 3.8) is 0 Å². The molecule has 0 fully saturated rings. The predicted molar refractivity (Wildman–Crippen MR) is 84.0 cm³/mol. The lowest BCUT2D eigenvalue weighted by Gasteiger charge is -2.26. The quantitative estimate of drug-likeness (QED) is 0.839. The highest BCUT2D eigenvalue weighted by Gasteiger charge is 2.30. The number of nitrogens with zero attached hydrogens (tertiary/aromatic N) is 1. The van der Waals surface area contributed by atoms with Crippen LogP contribution in [0.25, 0.3) is 0 Å². The van der Waals surface area contributed by atoms with E-state index in [-0.39, 0.29) is 12.0 Å². The van der Waals surface area contributed by atoms with E-state index >= 15 is 0 Å². The molecule has 19 heavy (non-hydrogen) atoms. The Morgan fingerprint density at radius 2 is 2.00 bits per heavy atom. The number of halogens is 1. The zero-order chi connectivity index (χ0) is 14.8. The molecule has 1 aromatic heterocycles. The maximum absolute atomic E-state index is 12.6. The van der Waals surface area contributed by atoms with Gasteiger partial charge in [0.25, 0.3) is 0 Å². The normalized spacial score (nSPS) is 14.3. The molecule has 0 aliphatic rings. The molecule has 110 valence electrons. The van der Waals surface area contributed by atoms with Crippen LogP contribution in [-0.4, -0.2) is 32.9 Å². The lowest BCUT2D eigenvalue weighted by molar-refractivity contribution is 0.315. The third-order valence-corrected chi connectivity index (χ3v) is 7.45. The van der Waals surface area contributed by atoms with Crippen molar-refractivity contribution in [2.24, 2.45) is 5.92 Å². The summed E-state index contributed by atoms with van der Waals surface area (Å²) < 4.78 is 27.3. The predicted octanol–water partition coefficient (Wildman–Crippen LogP) is 2.90. The lowest BCUT2D eigenvalue weighted by Crippen LogP contribution is -2.38. The molecule has 1 heterocycles. The third kappa shape index (κ3) is 3.78. The van der Waals surface area contributed by atoms with E-state index in [1.165, 1.54) is 15.6 Å². The fourth-order valence-corrected chi connectivity index (χ4v) is 5.76. The number of hydrogen-bond acceptors (Lipinski definition) is 4. The van der Waals surface area contributed by atoms with Crippen LogP contribution >= 0.6 is 27.3 Å². The van der Waals surface area contributed by atoms with E-state index in [0.717, 1.165) is 4.88 Å². The van der Waals surface area contributed by atoms with Crippen LogP contribution in [0.5, 0.6) is 0 Å². The molecule has 0 aromatic carbocycles. The Balaban J connectivity index is 3.13. The molecule has 0 spiro atoms. The molecular weight excluding hydrogens is 348 g/mol. The van der Waals surface area contributed by atoms with Crippen LogP contribution in [-0.2, 0) is 16.6 Å². The van der Waals surface area contributed by atoms with Crippen molar-refractivity contribution >= 4 is 37.3 Å². The van der Waals surface area contributed by atoms with Crippen LogP contribution in [0.15, 0.2) is 14.7 Å². The lowest BCUT2D eigenvalue weighted by atomic mass is 10.1. The van der Waals surface area contributed by atoms with Gasteiger partial charge in [0.05, 0.1) is 3.79 Å². The van der Waals surface area contributed by atoms with Crippen molar-refractivity contribution in [3.05, 3.63) is 14.7 Å². The molecule has 1 aromatic rings. The first kappa shape index (κ1) is 17.1. The molecule has 0 radical (unpaired) electrons. The van der Waals surface area contributed by atoms with Crippen LogP contribution in [0.3, 0.4) is 0 Å². The summed E-state index contributed by atoms with van der Waals surface area (Å²) in [5.74, 6) is 0.272. The van der Waals surface area contributed by atoms with Gasteiger partial charge in [-0.3, -0.25) is 0 Å². The first-order valence-electron chi connectivity index (χ1n) is 6.12. The summed E-state index contributed by atoms with van der Waals surface area (Å²) in [7, 11) is 0.0405. The van der Waals surface area contributed by atoms with E-state index in [1.54, 1.807) is 13.1 Å². The molecule has 0 aliphatic carbocycles. The molecule has 1 N–H and O–H groups in total. The average molecular weight is 369 g/mol. The SMILES string of the molecule is CNCc1cc(S(=O)(=O)N(C)C(C)C(C)C)c(Br)s1. The molecule has 4 nitrogen and oxygen atoms in total. The highest BCUT2D eigenvalue weighted by Crippen LogP contribution is 2.34. The van der Waals surface area contributed by atoms with Gasteiger partial charge in [0.1, 0.15) is 4.90 Å². The Morgan fingerprint density at radius 1 is 1.42 bits per heavy atom. The first-order valence-corrected chi connectivity index (χ1v) is 9.17. The van der Waals surface area contributed by atoms with Crippen molar-refractivity contribution in [2.45, 2.75) is 38.3 Å². The maximum atomic E-state index is 12.6. The number of sulfonamides is 1. The Kier molecular flexibility index (Phi) is 6.00. The van der Waals surface area contributed by atoms with Crippen molar-refractivity contribution in [2.75, 3.05) is 14.1 Å². The summed E-state index contributed by atoms with van der Waals surface area (Å²) in [6.07, 6.45) is 0. The Hall–Kier alpha value is 0.0500. The Bertz CT molecular complexity index is 526. The van der Waals surface area contributed by atoms with Gasteiger partial charge < -0.3 is 5.32 Å². The molecule has 1 unspecified atom stereocenters. The van der Waals surface area contributed by atoms with Crippen molar-refractivity contribution < 1.29 is 8.42 Å². The molecule has 0 saturated carbocycles. The standard InChI is InChI=1S/C12H21BrN2O2S2/c1-8(2)9(3)15(5)19(16,17)11-6-10(7-14-4)18-12(11)13/h6,8-9,14H,7H2,1-5H3. The first-order chi connectivity index (χ1) is 8.71. The molecule has 7 heteroatoms. The van der Waals surface area contributed by atoms with Crippen molar-refractivity contribution in [3.8, 4) is 0 Å². The van der Waals surface area contributed by atoms with Gasteiger partial charge >= 0.3 is 0 Å². The Labute approximate surface area is 128 Å². The molecule has 0 bridgehead atoms. The number of nitrogens with one attached hydrogen (secondary N) is 1. The van der Waals surface area contributed by atoms with Gasteiger partial charge in [-0.1, -0.05) is 13.8 Å². The summed E-state index contributed by atoms with van der Waals surface area (Å²) in [4.78, 5) is 1.36. The summed E-state index contributed by atoms with van der Waals surface area (Å²) in [6.45, 7) is 6.64. The molecular formula is C12H21BrN2O2S2. The average Bonchev–Trinajstić information content (AvgIpc) is 2.69. The zero-order valence-corrected chi connectivity index (χ0v) is 15.1. The second kappa shape index (κ2) is 6.67. The number of rotatable bonds is 6. The Morgan fingerprint density at radius 3 is 2.47 bits per heavy atom. The second-order valence-electron chi connectivity index (χ2n) is 4.89. The highest BCUT2D eigenvalue weighted by molar-refractivity contribution is 9.11. The second-order valence-corrected chi connectivity index (χ2v) is 9.31. The number of hydrogen-bond donors (Lipinski definition) is 1. The van der Waals surface area contributed by atoms with Gasteiger partial charge in [-0.2, -0.15) is 4.31 Å². The molecule has 1 rings (SSSR count). The van der Waals surface area contributed by atoms with Crippen LogP contribution in [0.1, 0.15) is 25.6 Å². The minimum atomic E-state index is -3.44. The largest absolute Gasteiger partial charge is 0.315 e. The fraction of sp³-hybridized carbons (Fsp3) is 0.667. The van der Waals surface area contributed by atoms with Crippen LogP contribution in [0.2, 0.25) is 0 Å². The van der Waals surface area contributed by atoms with E-state index in [2.05, 4.69) is 21.2 Å². The topological polar surface area (TPSA) is 49.4 Å². The van der Waals surface area contributed by atoms with Crippen molar-refractivity contribution in [1.29, 1.82) is 0 Å². The smallest absolute Gasteiger partial charge is 0.245 e. The van der Waals surface area contributed by atoms with Crippen LogP contribution in [0.4, 0.5) is 0 Å². The van der Waals surface area contributed by atoms with Gasteiger partial charge in [0, 0.05) is 24.5 Å². The van der Waals surface area contributed by atoms with E-state index in [4.69, 9.17) is 0 Å². The van der Waals surface area contributed by atoms with Gasteiger partial charge in [-0.15, -0.1) is 11.3 Å². The van der Waals surface area contributed by atoms with Crippen LogP contribution in [0, 0.1) is 5.92 Å². The maximum Gasteiger partial charge on any atom is 0.245 e. The van der Waals surface area contributed by atoms with E-state index in [1.807, 2.05) is 27.8 Å². The molecule has 0 saturated heterocycles. The van der Waals surface area contributed by atoms with Gasteiger partial charge in [-0.05, 0) is 41.9 Å². The minimum Gasteiger partial charge on any atom is -0.315 e. The third-order valence-electron chi connectivity index (χ3n) is 3.25. The van der Waals surface area contributed by atoms with Gasteiger partial charge in [0.15, 0.2) is 0 Å². The van der Waals surface area contributed by atoms with E-state index in [9.17, 15) is 8.42 Å². The molecule has 1 atom stereocenters. The summed E-state index contributed by atoms with van der Waals surface area (Å²) in [5, 5.41) is 3.03. The molecule has 0 amide bonds. The van der Waals surface area contributed by atoms with Crippen molar-refractivity contribution in [1.82, 2.24) is 9.62 Å². The number of thiophene rings is 1. The highest BCUT2D eigenvalue weighted by atomic mass is 79.9. The van der Waals surface area contributed by atoms with Crippen LogP contribution < -0.4 is 5.32 Å².